The number of benzene rings is 2. The highest BCUT2D eigenvalue weighted by Gasteiger charge is 2.01. The summed E-state index contributed by atoms with van der Waals surface area (Å²) in [4.78, 5) is 0. The average Bonchev–Trinajstić information content (AvgIpc) is 2.71. The first kappa shape index (κ1) is 25.9. The monoisotopic (exact) mass is 364 g/mol. The molecule has 4 heteroatoms. The Bertz CT molecular complexity index is 541. The van der Waals surface area contributed by atoms with Gasteiger partial charge in [-0.05, 0) is 49.2 Å². The summed E-state index contributed by atoms with van der Waals surface area (Å²) in [5.41, 5.74) is 2.34. The lowest BCUT2D eigenvalue weighted by Gasteiger charge is -2.06. The van der Waals surface area contributed by atoms with Crippen LogP contribution in [0.3, 0.4) is 0 Å². The highest BCUT2D eigenvalue weighted by molar-refractivity contribution is 5.43. The zero-order chi connectivity index (χ0) is 20.5. The van der Waals surface area contributed by atoms with Gasteiger partial charge >= 0.3 is 0 Å². The Morgan fingerprint density at radius 1 is 0.462 bits per heavy atom. The number of methoxy groups -OCH3 is 4. The molecule has 0 radical (unpaired) electrons. The van der Waals surface area contributed by atoms with Crippen molar-refractivity contribution in [3.8, 4) is 23.0 Å². The molecule has 0 aliphatic heterocycles. The summed E-state index contributed by atoms with van der Waals surface area (Å²) >= 11 is 0. The van der Waals surface area contributed by atoms with E-state index >= 15 is 0 Å². The molecule has 0 bridgehead atoms. The molecule has 0 saturated carbocycles. The quantitative estimate of drug-likeness (QED) is 0.659. The van der Waals surface area contributed by atoms with E-state index < -0.39 is 0 Å². The van der Waals surface area contributed by atoms with Crippen molar-refractivity contribution >= 4 is 0 Å². The second-order valence-electron chi connectivity index (χ2n) is 4.72. The van der Waals surface area contributed by atoms with Crippen LogP contribution in [0, 0.1) is 13.8 Å². The van der Waals surface area contributed by atoms with Crippen molar-refractivity contribution in [1.29, 1.82) is 0 Å². The molecule has 0 aliphatic rings. The minimum Gasteiger partial charge on any atom is -0.493 e. The van der Waals surface area contributed by atoms with Gasteiger partial charge in [0.25, 0.3) is 0 Å². The number of aryl methyl sites for hydroxylation is 2. The SMILES string of the molecule is CC.CC.COc1ccc(C)cc1OC.COc1ccc(C)cc1OC. The standard InChI is InChI=1S/2C9H12O2.2C2H6/c2*1-7-4-5-8(10-2)9(6-7)11-3;2*1-2/h2*4-6H,1-3H3;2*1-2H3. The second kappa shape index (κ2) is 16.1. The number of hydrogen-bond acceptors (Lipinski definition) is 4. The summed E-state index contributed by atoms with van der Waals surface area (Å²) in [5, 5.41) is 0. The maximum Gasteiger partial charge on any atom is 0.160 e. The fourth-order valence-electron chi connectivity index (χ4n) is 1.89. The van der Waals surface area contributed by atoms with Crippen LogP contribution < -0.4 is 18.9 Å². The van der Waals surface area contributed by atoms with Gasteiger partial charge in [-0.15, -0.1) is 0 Å². The zero-order valence-electron chi connectivity index (χ0n) is 18.1. The molecule has 0 aromatic heterocycles. The fraction of sp³-hybridized carbons (Fsp3) is 0.455. The van der Waals surface area contributed by atoms with Crippen LogP contribution >= 0.6 is 0 Å². The average molecular weight is 365 g/mol. The van der Waals surface area contributed by atoms with Gasteiger partial charge in [-0.2, -0.15) is 0 Å². The smallest absolute Gasteiger partial charge is 0.160 e. The molecule has 0 saturated heterocycles. The van der Waals surface area contributed by atoms with Crippen LogP contribution in [-0.4, -0.2) is 28.4 Å². The van der Waals surface area contributed by atoms with Gasteiger partial charge in [-0.3, -0.25) is 0 Å². The van der Waals surface area contributed by atoms with Crippen LogP contribution in [0.4, 0.5) is 0 Å². The van der Waals surface area contributed by atoms with E-state index in [0.717, 1.165) is 23.0 Å². The minimum atomic E-state index is 0.776. The largest absolute Gasteiger partial charge is 0.493 e. The molecule has 0 aliphatic carbocycles. The Morgan fingerprint density at radius 2 is 0.731 bits per heavy atom. The second-order valence-corrected chi connectivity index (χ2v) is 4.72. The first-order valence-corrected chi connectivity index (χ1v) is 8.93. The lowest BCUT2D eigenvalue weighted by atomic mass is 10.2. The summed E-state index contributed by atoms with van der Waals surface area (Å²) in [6.45, 7) is 12.0. The van der Waals surface area contributed by atoms with Crippen molar-refractivity contribution in [2.45, 2.75) is 41.5 Å². The summed E-state index contributed by atoms with van der Waals surface area (Å²) in [6.07, 6.45) is 0. The van der Waals surface area contributed by atoms with Gasteiger partial charge in [0.05, 0.1) is 28.4 Å². The first-order chi connectivity index (χ1) is 12.5. The summed E-state index contributed by atoms with van der Waals surface area (Å²) in [6, 6.07) is 11.7. The first-order valence-electron chi connectivity index (χ1n) is 8.93. The lowest BCUT2D eigenvalue weighted by Crippen LogP contribution is -1.90. The molecule has 2 aromatic carbocycles. The topological polar surface area (TPSA) is 36.9 Å². The Hall–Kier alpha value is -2.36. The molecule has 26 heavy (non-hydrogen) atoms. The molecule has 0 atom stereocenters. The zero-order valence-corrected chi connectivity index (χ0v) is 18.1. The van der Waals surface area contributed by atoms with E-state index in [9.17, 15) is 0 Å². The van der Waals surface area contributed by atoms with Gasteiger partial charge in [0.2, 0.25) is 0 Å². The molecule has 0 unspecified atom stereocenters. The van der Waals surface area contributed by atoms with Gasteiger partial charge in [0.1, 0.15) is 0 Å². The van der Waals surface area contributed by atoms with E-state index in [1.165, 1.54) is 11.1 Å². The maximum absolute atomic E-state index is 5.09. The van der Waals surface area contributed by atoms with Crippen molar-refractivity contribution in [3.05, 3.63) is 47.5 Å². The van der Waals surface area contributed by atoms with E-state index in [-0.39, 0.29) is 0 Å². The van der Waals surface area contributed by atoms with E-state index in [2.05, 4.69) is 0 Å². The van der Waals surface area contributed by atoms with Crippen molar-refractivity contribution < 1.29 is 18.9 Å². The van der Waals surface area contributed by atoms with E-state index in [1.54, 1.807) is 28.4 Å². The van der Waals surface area contributed by atoms with Gasteiger partial charge in [-0.25, -0.2) is 0 Å². The predicted molar refractivity (Wildman–Crippen MR) is 111 cm³/mol. The van der Waals surface area contributed by atoms with Crippen molar-refractivity contribution in [2.24, 2.45) is 0 Å². The third-order valence-electron chi connectivity index (χ3n) is 3.08. The maximum atomic E-state index is 5.09. The summed E-state index contributed by atoms with van der Waals surface area (Å²) in [7, 11) is 6.54. The highest BCUT2D eigenvalue weighted by atomic mass is 16.5. The van der Waals surface area contributed by atoms with Crippen LogP contribution in [-0.2, 0) is 0 Å². The molecule has 0 spiro atoms. The molecular formula is C22H36O4. The van der Waals surface area contributed by atoms with Crippen LogP contribution in [0.1, 0.15) is 38.8 Å². The van der Waals surface area contributed by atoms with E-state index in [0.29, 0.717) is 0 Å². The number of rotatable bonds is 4. The molecule has 0 amide bonds. The Balaban J connectivity index is 0. The fourth-order valence-corrected chi connectivity index (χ4v) is 1.89. The highest BCUT2D eigenvalue weighted by Crippen LogP contribution is 2.27. The van der Waals surface area contributed by atoms with E-state index in [4.69, 9.17) is 18.9 Å². The third kappa shape index (κ3) is 9.21. The van der Waals surface area contributed by atoms with Crippen molar-refractivity contribution in [2.75, 3.05) is 28.4 Å². The van der Waals surface area contributed by atoms with Crippen LogP contribution in [0.25, 0.3) is 0 Å². The minimum absolute atomic E-state index is 0.776. The van der Waals surface area contributed by atoms with Gasteiger partial charge in [0.15, 0.2) is 23.0 Å². The van der Waals surface area contributed by atoms with Gasteiger partial charge in [0, 0.05) is 0 Å². The molecule has 0 heterocycles. The van der Waals surface area contributed by atoms with Crippen LogP contribution in [0.5, 0.6) is 23.0 Å². The molecule has 148 valence electrons. The summed E-state index contributed by atoms with van der Waals surface area (Å²) in [5.74, 6) is 3.12. The van der Waals surface area contributed by atoms with Crippen molar-refractivity contribution in [3.63, 3.8) is 0 Å². The number of ether oxygens (including phenoxy) is 4. The molecule has 2 aromatic rings. The van der Waals surface area contributed by atoms with Crippen molar-refractivity contribution in [1.82, 2.24) is 0 Å². The normalized spacial score (nSPS) is 8.38. The predicted octanol–water partition coefficient (Wildman–Crippen LogP) is 6.08. The van der Waals surface area contributed by atoms with Crippen LogP contribution in [0.15, 0.2) is 36.4 Å². The Kier molecular flexibility index (Phi) is 16.0. The molecule has 2 rings (SSSR count). The molecule has 0 fully saturated rings. The number of hydrogen-bond donors (Lipinski definition) is 0. The molecule has 4 nitrogen and oxygen atoms in total. The molecular weight excluding hydrogens is 328 g/mol. The Morgan fingerprint density at radius 3 is 0.962 bits per heavy atom. The van der Waals surface area contributed by atoms with Crippen LogP contribution in [0.2, 0.25) is 0 Å². The Labute approximate surface area is 160 Å². The summed E-state index contributed by atoms with van der Waals surface area (Å²) < 4.78 is 20.3. The lowest BCUT2D eigenvalue weighted by molar-refractivity contribution is 0.354. The third-order valence-corrected chi connectivity index (χ3v) is 3.08. The van der Waals surface area contributed by atoms with Gasteiger partial charge < -0.3 is 18.9 Å². The molecule has 0 N–H and O–H groups in total. The van der Waals surface area contributed by atoms with Gasteiger partial charge in [-0.1, -0.05) is 39.8 Å². The van der Waals surface area contributed by atoms with E-state index in [1.807, 2.05) is 77.9 Å².